The van der Waals surface area contributed by atoms with Gasteiger partial charge in [0.25, 0.3) is 0 Å². The summed E-state index contributed by atoms with van der Waals surface area (Å²) in [6.07, 6.45) is 1.04. The van der Waals surface area contributed by atoms with Gasteiger partial charge >= 0.3 is 0 Å². The van der Waals surface area contributed by atoms with E-state index >= 15 is 0 Å². The van der Waals surface area contributed by atoms with Crippen molar-refractivity contribution in [3.05, 3.63) is 95.1 Å². The molecule has 0 fully saturated rings. The fourth-order valence-electron chi connectivity index (χ4n) is 3.98. The second-order valence-corrected chi connectivity index (χ2v) is 9.91. The van der Waals surface area contributed by atoms with E-state index in [-0.39, 0.29) is 17.6 Å². The van der Waals surface area contributed by atoms with Gasteiger partial charge < -0.3 is 4.90 Å². The summed E-state index contributed by atoms with van der Waals surface area (Å²) in [5.74, 6) is 0.139. The Morgan fingerprint density at radius 3 is 2.35 bits per heavy atom. The Balaban J connectivity index is 1.51. The van der Waals surface area contributed by atoms with Gasteiger partial charge in [-0.3, -0.25) is 4.79 Å². The summed E-state index contributed by atoms with van der Waals surface area (Å²) in [6, 6.07) is 22.6. The molecule has 3 nitrogen and oxygen atoms in total. The molecule has 0 radical (unpaired) electrons. The van der Waals surface area contributed by atoms with Crippen molar-refractivity contribution in [3.63, 3.8) is 0 Å². The molecule has 1 heterocycles. The van der Waals surface area contributed by atoms with Crippen LogP contribution in [0.4, 0.5) is 10.1 Å². The van der Waals surface area contributed by atoms with Crippen molar-refractivity contribution in [2.75, 3.05) is 11.9 Å². The minimum absolute atomic E-state index is 0.0416. The Labute approximate surface area is 204 Å². The fraction of sp³-hybridized carbons (Fsp3) is 0.241. The minimum Gasteiger partial charge on any atom is -0.315 e. The molecule has 34 heavy (non-hydrogen) atoms. The molecule has 0 saturated heterocycles. The van der Waals surface area contributed by atoms with Crippen molar-refractivity contribution in [3.8, 4) is 21.8 Å². The van der Waals surface area contributed by atoms with Crippen LogP contribution in [0.3, 0.4) is 0 Å². The highest BCUT2D eigenvalue weighted by Crippen LogP contribution is 2.31. The maximum absolute atomic E-state index is 13.3. The van der Waals surface area contributed by atoms with Gasteiger partial charge in [-0.15, -0.1) is 11.3 Å². The molecule has 0 aliphatic heterocycles. The number of hydrogen-bond acceptors (Lipinski definition) is 3. The van der Waals surface area contributed by atoms with Gasteiger partial charge in [-0.05, 0) is 66.8 Å². The summed E-state index contributed by atoms with van der Waals surface area (Å²) in [4.78, 5) is 19.7. The lowest BCUT2D eigenvalue weighted by Crippen LogP contribution is -2.30. The number of amides is 1. The highest BCUT2D eigenvalue weighted by Gasteiger charge is 2.21. The molecule has 0 bridgehead atoms. The molecule has 1 aromatic heterocycles. The number of aromatic nitrogens is 1. The number of rotatable bonds is 7. The van der Waals surface area contributed by atoms with Crippen molar-refractivity contribution >= 4 is 22.9 Å². The van der Waals surface area contributed by atoms with Gasteiger partial charge in [-0.1, -0.05) is 50.2 Å². The van der Waals surface area contributed by atoms with E-state index < -0.39 is 0 Å². The largest absolute Gasteiger partial charge is 0.315 e. The Morgan fingerprint density at radius 2 is 1.68 bits per heavy atom. The summed E-state index contributed by atoms with van der Waals surface area (Å²) in [5, 5.41) is 2.82. The highest BCUT2D eigenvalue weighted by molar-refractivity contribution is 7.13. The molecule has 4 aromatic rings. The minimum atomic E-state index is -0.264. The van der Waals surface area contributed by atoms with Crippen molar-refractivity contribution in [1.29, 1.82) is 0 Å². The second kappa shape index (κ2) is 10.3. The van der Waals surface area contributed by atoms with Crippen LogP contribution in [0.25, 0.3) is 21.8 Å². The quantitative estimate of drug-likeness (QED) is 0.278. The smallest absolute Gasteiger partial charge is 0.233 e. The number of carbonyl (C=O) groups is 1. The van der Waals surface area contributed by atoms with Crippen LogP contribution in [0.5, 0.6) is 0 Å². The molecule has 0 N–H and O–H groups in total. The number of thiazole rings is 1. The van der Waals surface area contributed by atoms with E-state index in [1.807, 2.05) is 43.6 Å². The maximum atomic E-state index is 13.3. The number of halogens is 1. The first-order chi connectivity index (χ1) is 16.3. The van der Waals surface area contributed by atoms with Crippen LogP contribution in [-0.2, 0) is 11.2 Å². The molecular weight excluding hydrogens is 443 g/mol. The van der Waals surface area contributed by atoms with Crippen LogP contribution in [0.2, 0.25) is 0 Å². The first-order valence-corrected chi connectivity index (χ1v) is 12.4. The van der Waals surface area contributed by atoms with Crippen molar-refractivity contribution < 1.29 is 9.18 Å². The van der Waals surface area contributed by atoms with Crippen LogP contribution in [0.15, 0.2) is 78.2 Å². The van der Waals surface area contributed by atoms with E-state index in [0.717, 1.165) is 39.5 Å². The lowest BCUT2D eigenvalue weighted by atomic mass is 9.96. The first-order valence-electron chi connectivity index (χ1n) is 11.5. The monoisotopic (exact) mass is 472 g/mol. The number of likely N-dealkylation sites (N-methyl/N-ethyl adjacent to an activating group) is 1. The lowest BCUT2D eigenvalue weighted by molar-refractivity contribution is -0.119. The van der Waals surface area contributed by atoms with Gasteiger partial charge in [0, 0.05) is 29.2 Å². The highest BCUT2D eigenvalue weighted by atomic mass is 32.1. The van der Waals surface area contributed by atoms with Crippen LogP contribution >= 0.6 is 11.3 Å². The van der Waals surface area contributed by atoms with E-state index in [0.29, 0.717) is 5.92 Å². The number of carbonyl (C=O) groups excluding carboxylic acids is 1. The zero-order valence-corrected chi connectivity index (χ0v) is 20.8. The second-order valence-electron chi connectivity index (χ2n) is 9.05. The van der Waals surface area contributed by atoms with Crippen molar-refractivity contribution in [2.24, 2.45) is 5.92 Å². The molecule has 0 saturated carbocycles. The van der Waals surface area contributed by atoms with Crippen LogP contribution in [-0.4, -0.2) is 17.9 Å². The zero-order valence-electron chi connectivity index (χ0n) is 20.0. The normalized spacial score (nSPS) is 12.1. The molecule has 5 heteroatoms. The summed E-state index contributed by atoms with van der Waals surface area (Å²) >= 11 is 1.53. The fourth-order valence-corrected chi connectivity index (χ4v) is 4.81. The molecule has 0 spiro atoms. The molecular formula is C29H29FN2OS. The lowest BCUT2D eigenvalue weighted by Gasteiger charge is -2.22. The first kappa shape index (κ1) is 23.8. The van der Waals surface area contributed by atoms with E-state index in [1.54, 1.807) is 17.0 Å². The van der Waals surface area contributed by atoms with E-state index in [2.05, 4.69) is 38.1 Å². The summed E-state index contributed by atoms with van der Waals surface area (Å²) in [6.45, 7) is 6.37. The van der Waals surface area contributed by atoms with Crippen LogP contribution < -0.4 is 4.90 Å². The van der Waals surface area contributed by atoms with Crippen molar-refractivity contribution in [1.82, 2.24) is 4.98 Å². The van der Waals surface area contributed by atoms with E-state index in [9.17, 15) is 9.18 Å². The standard InChI is InChI=1S/C29H29FN2OS/c1-19(2)16-21-8-10-22(11-9-21)20(3)29(33)32(4)26-7-5-6-24(17-26)28-31-27(18-34-28)23-12-14-25(30)15-13-23/h5-15,17-20H,16H2,1-4H3. The number of anilines is 1. The average molecular weight is 473 g/mol. The molecule has 1 unspecified atom stereocenters. The predicted octanol–water partition coefficient (Wildman–Crippen LogP) is 7.58. The average Bonchev–Trinajstić information content (AvgIpc) is 3.34. The summed E-state index contributed by atoms with van der Waals surface area (Å²) < 4.78 is 13.2. The molecule has 1 amide bonds. The van der Waals surface area contributed by atoms with E-state index in [4.69, 9.17) is 4.98 Å². The molecule has 0 aliphatic rings. The van der Waals surface area contributed by atoms with Gasteiger partial charge in [0.15, 0.2) is 0 Å². The third-order valence-electron chi connectivity index (χ3n) is 5.95. The Hall–Kier alpha value is -3.31. The molecule has 1 atom stereocenters. The Morgan fingerprint density at radius 1 is 0.971 bits per heavy atom. The summed E-state index contributed by atoms with van der Waals surface area (Å²) in [5.41, 5.74) is 5.77. The predicted molar refractivity (Wildman–Crippen MR) is 140 cm³/mol. The molecule has 4 rings (SSSR count). The number of nitrogens with zero attached hydrogens (tertiary/aromatic N) is 2. The van der Waals surface area contributed by atoms with Gasteiger partial charge in [-0.25, -0.2) is 9.37 Å². The topological polar surface area (TPSA) is 33.2 Å². The number of hydrogen-bond donors (Lipinski definition) is 0. The zero-order chi connectivity index (χ0) is 24.2. The third kappa shape index (κ3) is 5.42. The maximum Gasteiger partial charge on any atom is 0.233 e. The van der Waals surface area contributed by atoms with E-state index in [1.165, 1.54) is 29.0 Å². The van der Waals surface area contributed by atoms with Gasteiger partial charge in [-0.2, -0.15) is 0 Å². The van der Waals surface area contributed by atoms with Crippen molar-refractivity contribution in [2.45, 2.75) is 33.1 Å². The molecule has 3 aromatic carbocycles. The Bertz CT molecular complexity index is 1260. The Kier molecular flexibility index (Phi) is 7.23. The summed E-state index contributed by atoms with van der Waals surface area (Å²) in [7, 11) is 1.82. The van der Waals surface area contributed by atoms with Gasteiger partial charge in [0.1, 0.15) is 10.8 Å². The van der Waals surface area contributed by atoms with Crippen LogP contribution in [0, 0.1) is 11.7 Å². The van der Waals surface area contributed by atoms with Gasteiger partial charge in [0.2, 0.25) is 5.91 Å². The van der Waals surface area contributed by atoms with Gasteiger partial charge in [0.05, 0.1) is 11.6 Å². The molecule has 174 valence electrons. The molecule has 0 aliphatic carbocycles. The van der Waals surface area contributed by atoms with Crippen LogP contribution in [0.1, 0.15) is 37.8 Å². The number of benzene rings is 3. The third-order valence-corrected chi connectivity index (χ3v) is 6.84. The SMILES string of the molecule is CC(C)Cc1ccc(C(C)C(=O)N(C)c2cccc(-c3nc(-c4ccc(F)cc4)cs3)c2)cc1.